The number of nitrogens with zero attached hydrogens (tertiary/aromatic N) is 3. The minimum Gasteiger partial charge on any atom is -0.477 e. The van der Waals surface area contributed by atoms with Gasteiger partial charge in [0.25, 0.3) is 17.4 Å². The Labute approximate surface area is 195 Å². The van der Waals surface area contributed by atoms with Crippen molar-refractivity contribution in [3.8, 4) is 5.75 Å². The van der Waals surface area contributed by atoms with Crippen LogP contribution in [-0.2, 0) is 11.3 Å². The van der Waals surface area contributed by atoms with Gasteiger partial charge in [-0.1, -0.05) is 60.7 Å². The van der Waals surface area contributed by atoms with Gasteiger partial charge < -0.3 is 10.1 Å². The monoisotopic (exact) mass is 454 g/mol. The summed E-state index contributed by atoms with van der Waals surface area (Å²) in [5.74, 6) is -0.320. The highest BCUT2D eigenvalue weighted by Gasteiger charge is 2.35. The quantitative estimate of drug-likeness (QED) is 0.512. The van der Waals surface area contributed by atoms with Crippen LogP contribution in [0.5, 0.6) is 5.75 Å². The molecule has 8 heteroatoms. The molecule has 5 rings (SSSR count). The van der Waals surface area contributed by atoms with E-state index in [0.29, 0.717) is 22.2 Å². The van der Waals surface area contributed by atoms with Gasteiger partial charge >= 0.3 is 0 Å². The third-order valence-electron chi connectivity index (χ3n) is 5.80. The summed E-state index contributed by atoms with van der Waals surface area (Å²) in [6, 6.07) is 23.5. The van der Waals surface area contributed by atoms with Crippen LogP contribution in [0.25, 0.3) is 10.8 Å². The fourth-order valence-corrected chi connectivity index (χ4v) is 4.11. The Kier molecular flexibility index (Phi) is 5.55. The molecule has 4 aromatic rings. The lowest BCUT2D eigenvalue weighted by Crippen LogP contribution is -2.50. The average molecular weight is 454 g/mol. The Hall–Kier alpha value is -4.46. The van der Waals surface area contributed by atoms with Crippen LogP contribution in [0.4, 0.5) is 5.69 Å². The molecular weight excluding hydrogens is 432 g/mol. The molecule has 3 aromatic carbocycles. The first-order chi connectivity index (χ1) is 16.6. The van der Waals surface area contributed by atoms with Gasteiger partial charge in [-0.2, -0.15) is 5.10 Å². The Balaban J connectivity index is 1.64. The zero-order valence-corrected chi connectivity index (χ0v) is 18.5. The van der Waals surface area contributed by atoms with E-state index >= 15 is 0 Å². The molecule has 1 aliphatic rings. The standard InChI is InChI=1S/C26H22N4O4/c1-27-24(31)22-16-29(20-13-7-8-14-21(20)34-22)26(33)23-18-11-5-6-12-19(18)25(32)30(28-23)15-17-9-3-2-4-10-17/h2-14,22H,15-16H2,1H3,(H,27,31)/t22-/m0/s1. The van der Waals surface area contributed by atoms with Crippen LogP contribution >= 0.6 is 0 Å². The van der Waals surface area contributed by atoms with E-state index in [4.69, 9.17) is 4.74 Å². The number of aromatic nitrogens is 2. The summed E-state index contributed by atoms with van der Waals surface area (Å²) in [6.07, 6.45) is -0.870. The van der Waals surface area contributed by atoms with Gasteiger partial charge in [-0.3, -0.25) is 19.3 Å². The van der Waals surface area contributed by atoms with Crippen molar-refractivity contribution in [2.24, 2.45) is 0 Å². The first-order valence-electron chi connectivity index (χ1n) is 10.9. The van der Waals surface area contributed by atoms with Gasteiger partial charge in [0.1, 0.15) is 5.75 Å². The summed E-state index contributed by atoms with van der Waals surface area (Å²) in [5, 5.41) is 7.95. The highest BCUT2D eigenvalue weighted by molar-refractivity contribution is 6.13. The van der Waals surface area contributed by atoms with Crippen molar-refractivity contribution >= 4 is 28.3 Å². The summed E-state index contributed by atoms with van der Waals surface area (Å²) < 4.78 is 7.14. The predicted molar refractivity (Wildman–Crippen MR) is 128 cm³/mol. The average Bonchev–Trinajstić information content (AvgIpc) is 2.89. The number of amides is 2. The van der Waals surface area contributed by atoms with Crippen LogP contribution in [0.1, 0.15) is 16.1 Å². The van der Waals surface area contributed by atoms with Crippen molar-refractivity contribution in [1.29, 1.82) is 0 Å². The molecular formula is C26H22N4O4. The van der Waals surface area contributed by atoms with E-state index in [1.165, 1.54) is 16.6 Å². The number of para-hydroxylation sites is 2. The van der Waals surface area contributed by atoms with Gasteiger partial charge in [0, 0.05) is 12.4 Å². The van der Waals surface area contributed by atoms with Crippen LogP contribution < -0.4 is 20.5 Å². The Morgan fingerprint density at radius 3 is 2.41 bits per heavy atom. The number of likely N-dealkylation sites (N-methyl/N-ethyl adjacent to an activating group) is 1. The van der Waals surface area contributed by atoms with E-state index in [1.54, 1.807) is 48.5 Å². The van der Waals surface area contributed by atoms with Gasteiger partial charge in [0.05, 0.1) is 24.2 Å². The Morgan fingerprint density at radius 1 is 0.971 bits per heavy atom. The van der Waals surface area contributed by atoms with E-state index in [2.05, 4.69) is 10.4 Å². The van der Waals surface area contributed by atoms with E-state index in [1.807, 2.05) is 30.3 Å². The number of hydrogen-bond acceptors (Lipinski definition) is 5. The maximum absolute atomic E-state index is 13.9. The molecule has 0 saturated heterocycles. The normalized spacial score (nSPS) is 14.9. The molecule has 1 aliphatic heterocycles. The topological polar surface area (TPSA) is 93.5 Å². The first kappa shape index (κ1) is 21.4. The molecule has 0 radical (unpaired) electrons. The lowest BCUT2D eigenvalue weighted by molar-refractivity contribution is -0.127. The van der Waals surface area contributed by atoms with Gasteiger partial charge in [-0.25, -0.2) is 4.68 Å². The van der Waals surface area contributed by atoms with E-state index in [9.17, 15) is 14.4 Å². The molecule has 170 valence electrons. The zero-order chi connectivity index (χ0) is 23.7. The zero-order valence-electron chi connectivity index (χ0n) is 18.5. The second-order valence-electron chi connectivity index (χ2n) is 7.95. The number of carbonyl (C=O) groups excluding carboxylic acids is 2. The fourth-order valence-electron chi connectivity index (χ4n) is 4.11. The van der Waals surface area contributed by atoms with E-state index in [-0.39, 0.29) is 30.2 Å². The van der Waals surface area contributed by atoms with Crippen LogP contribution in [0, 0.1) is 0 Å². The molecule has 8 nitrogen and oxygen atoms in total. The first-order valence-corrected chi connectivity index (χ1v) is 10.9. The molecule has 0 fully saturated rings. The van der Waals surface area contributed by atoms with E-state index in [0.717, 1.165) is 5.56 Å². The van der Waals surface area contributed by atoms with Crippen LogP contribution in [0.2, 0.25) is 0 Å². The van der Waals surface area contributed by atoms with Crippen LogP contribution in [0.15, 0.2) is 83.7 Å². The molecule has 0 spiro atoms. The maximum Gasteiger partial charge on any atom is 0.279 e. The number of benzene rings is 3. The minimum atomic E-state index is -0.870. The summed E-state index contributed by atoms with van der Waals surface area (Å²) >= 11 is 0. The van der Waals surface area contributed by atoms with Crippen molar-refractivity contribution in [2.75, 3.05) is 18.5 Å². The highest BCUT2D eigenvalue weighted by atomic mass is 16.5. The van der Waals surface area contributed by atoms with Crippen molar-refractivity contribution in [2.45, 2.75) is 12.6 Å². The number of fused-ring (bicyclic) bond motifs is 2. The summed E-state index contributed by atoms with van der Waals surface area (Å²) in [6.45, 7) is 0.245. The number of nitrogens with one attached hydrogen (secondary N) is 1. The highest BCUT2D eigenvalue weighted by Crippen LogP contribution is 2.34. The smallest absolute Gasteiger partial charge is 0.279 e. The molecule has 1 N–H and O–H groups in total. The van der Waals surface area contributed by atoms with Crippen LogP contribution in [-0.4, -0.2) is 41.3 Å². The molecule has 1 atom stereocenters. The molecule has 34 heavy (non-hydrogen) atoms. The number of anilines is 1. The lowest BCUT2D eigenvalue weighted by atomic mass is 10.1. The molecule has 1 aromatic heterocycles. The SMILES string of the molecule is CNC(=O)[C@@H]1CN(C(=O)c2nn(Cc3ccccc3)c(=O)c3ccccc23)c2ccccc2O1. The molecule has 2 amide bonds. The molecule has 0 unspecified atom stereocenters. The third kappa shape index (κ3) is 3.79. The van der Waals surface area contributed by atoms with Crippen molar-refractivity contribution < 1.29 is 14.3 Å². The largest absolute Gasteiger partial charge is 0.477 e. The van der Waals surface area contributed by atoms with Gasteiger partial charge in [0.15, 0.2) is 11.8 Å². The van der Waals surface area contributed by atoms with Crippen LogP contribution in [0.3, 0.4) is 0 Å². The number of rotatable bonds is 4. The summed E-state index contributed by atoms with van der Waals surface area (Å²) in [5.41, 5.74) is 1.29. The molecule has 0 saturated carbocycles. The Morgan fingerprint density at radius 2 is 1.65 bits per heavy atom. The van der Waals surface area contributed by atoms with Gasteiger partial charge in [0.2, 0.25) is 0 Å². The number of ether oxygens (including phenoxy) is 1. The lowest BCUT2D eigenvalue weighted by Gasteiger charge is -2.34. The van der Waals surface area contributed by atoms with Gasteiger partial charge in [-0.15, -0.1) is 0 Å². The van der Waals surface area contributed by atoms with E-state index < -0.39 is 12.0 Å². The summed E-state index contributed by atoms with van der Waals surface area (Å²) in [7, 11) is 1.52. The fraction of sp³-hybridized carbons (Fsp3) is 0.154. The molecule has 0 bridgehead atoms. The third-order valence-corrected chi connectivity index (χ3v) is 5.80. The molecule has 2 heterocycles. The van der Waals surface area contributed by atoms with Crippen molar-refractivity contribution in [3.63, 3.8) is 0 Å². The second-order valence-corrected chi connectivity index (χ2v) is 7.95. The number of carbonyl (C=O) groups is 2. The minimum absolute atomic E-state index is 0.0172. The molecule has 0 aliphatic carbocycles. The number of hydrogen-bond donors (Lipinski definition) is 1. The second kappa shape index (κ2) is 8.82. The summed E-state index contributed by atoms with van der Waals surface area (Å²) in [4.78, 5) is 40.9. The van der Waals surface area contributed by atoms with Crippen molar-refractivity contribution in [1.82, 2.24) is 15.1 Å². The predicted octanol–water partition coefficient (Wildman–Crippen LogP) is 2.60. The van der Waals surface area contributed by atoms with Gasteiger partial charge in [-0.05, 0) is 23.8 Å². The van der Waals surface area contributed by atoms with Crippen molar-refractivity contribution in [3.05, 3.63) is 100 Å². The maximum atomic E-state index is 13.9. The Bertz CT molecular complexity index is 1450.